The van der Waals surface area contributed by atoms with E-state index in [0.29, 0.717) is 42.3 Å². The first kappa shape index (κ1) is 17.9. The van der Waals surface area contributed by atoms with Crippen LogP contribution in [0.5, 0.6) is 0 Å². The highest BCUT2D eigenvalue weighted by Gasteiger charge is 2.26. The molecule has 1 aromatic carbocycles. The second kappa shape index (κ2) is 7.97. The van der Waals surface area contributed by atoms with E-state index in [0.717, 1.165) is 4.90 Å². The Morgan fingerprint density at radius 1 is 1.28 bits per heavy atom. The summed E-state index contributed by atoms with van der Waals surface area (Å²) in [6.07, 6.45) is 4.86. The number of benzene rings is 1. The number of hydrogen-bond acceptors (Lipinski definition) is 4. The summed E-state index contributed by atoms with van der Waals surface area (Å²) in [6.45, 7) is 1.17. The summed E-state index contributed by atoms with van der Waals surface area (Å²) in [4.78, 5) is 27.5. The maximum Gasteiger partial charge on any atom is 0.289 e. The number of carbonyl (C=O) groups is 2. The van der Waals surface area contributed by atoms with E-state index in [9.17, 15) is 9.59 Å². The zero-order valence-electron chi connectivity index (χ0n) is 13.8. The van der Waals surface area contributed by atoms with E-state index < -0.39 is 0 Å². The van der Waals surface area contributed by atoms with Crippen LogP contribution < -0.4 is 5.32 Å². The number of rotatable bonds is 4. The van der Waals surface area contributed by atoms with Gasteiger partial charge in [-0.1, -0.05) is 11.6 Å². The molecule has 7 heteroatoms. The highest BCUT2D eigenvalue weighted by molar-refractivity contribution is 7.98. The lowest BCUT2D eigenvalue weighted by Gasteiger charge is -2.32. The van der Waals surface area contributed by atoms with Crippen LogP contribution in [0.2, 0.25) is 5.02 Å². The van der Waals surface area contributed by atoms with Crippen molar-refractivity contribution in [2.45, 2.75) is 23.8 Å². The summed E-state index contributed by atoms with van der Waals surface area (Å²) in [7, 11) is 0. The van der Waals surface area contributed by atoms with Crippen LogP contribution in [0.25, 0.3) is 0 Å². The van der Waals surface area contributed by atoms with E-state index >= 15 is 0 Å². The Morgan fingerprint density at radius 2 is 2.04 bits per heavy atom. The lowest BCUT2D eigenvalue weighted by atomic mass is 10.0. The molecule has 1 saturated heterocycles. The molecular weight excluding hydrogens is 360 g/mol. The maximum atomic E-state index is 12.5. The van der Waals surface area contributed by atoms with Gasteiger partial charge in [0, 0.05) is 24.0 Å². The van der Waals surface area contributed by atoms with Gasteiger partial charge in [-0.25, -0.2) is 0 Å². The number of nitrogens with one attached hydrogen (secondary N) is 1. The first-order valence-electron chi connectivity index (χ1n) is 8.05. The third kappa shape index (κ3) is 4.19. The van der Waals surface area contributed by atoms with Crippen molar-refractivity contribution in [2.75, 3.05) is 19.3 Å². The summed E-state index contributed by atoms with van der Waals surface area (Å²) < 4.78 is 5.16. The van der Waals surface area contributed by atoms with Gasteiger partial charge in [0.1, 0.15) is 0 Å². The molecule has 2 amide bonds. The third-order valence-electron chi connectivity index (χ3n) is 4.27. The molecule has 1 aliphatic heterocycles. The summed E-state index contributed by atoms with van der Waals surface area (Å²) in [5.74, 6) is 0.0744. The van der Waals surface area contributed by atoms with Gasteiger partial charge >= 0.3 is 0 Å². The Balaban J connectivity index is 1.57. The highest BCUT2D eigenvalue weighted by Crippen LogP contribution is 2.23. The summed E-state index contributed by atoms with van der Waals surface area (Å²) in [6, 6.07) is 8.83. The van der Waals surface area contributed by atoms with Crippen LogP contribution in [0.3, 0.4) is 0 Å². The summed E-state index contributed by atoms with van der Waals surface area (Å²) in [5, 5.41) is 3.47. The lowest BCUT2D eigenvalue weighted by molar-refractivity contribution is 0.0667. The van der Waals surface area contributed by atoms with Crippen molar-refractivity contribution in [3.05, 3.63) is 52.9 Å². The van der Waals surface area contributed by atoms with Crippen molar-refractivity contribution >= 4 is 35.2 Å². The minimum Gasteiger partial charge on any atom is -0.459 e. The number of hydrogen-bond donors (Lipinski definition) is 1. The third-order valence-corrected chi connectivity index (χ3v) is 5.32. The number of thioether (sulfide) groups is 1. The monoisotopic (exact) mass is 378 g/mol. The van der Waals surface area contributed by atoms with E-state index in [2.05, 4.69) is 5.32 Å². The van der Waals surface area contributed by atoms with E-state index in [1.165, 1.54) is 6.26 Å². The largest absolute Gasteiger partial charge is 0.459 e. The SMILES string of the molecule is CSc1ccc(Cl)c(C(=O)NC2CCN(C(=O)c3ccco3)CC2)c1. The number of piperidine rings is 1. The fourth-order valence-corrected chi connectivity index (χ4v) is 3.49. The van der Waals surface area contributed by atoms with E-state index in [1.54, 1.807) is 40.9 Å². The number of nitrogens with zero attached hydrogens (tertiary/aromatic N) is 1. The molecular formula is C18H19ClN2O3S. The molecule has 3 rings (SSSR count). The van der Waals surface area contributed by atoms with E-state index in [4.69, 9.17) is 16.0 Å². The molecule has 0 aliphatic carbocycles. The zero-order chi connectivity index (χ0) is 17.8. The van der Waals surface area contributed by atoms with Crippen LogP contribution in [0.1, 0.15) is 33.8 Å². The maximum absolute atomic E-state index is 12.5. The van der Waals surface area contributed by atoms with Crippen molar-refractivity contribution in [3.63, 3.8) is 0 Å². The van der Waals surface area contributed by atoms with Crippen LogP contribution in [0.4, 0.5) is 0 Å². The first-order valence-corrected chi connectivity index (χ1v) is 9.66. The van der Waals surface area contributed by atoms with Gasteiger partial charge in [-0.05, 0) is 49.4 Å². The molecule has 132 valence electrons. The Hall–Kier alpha value is -1.92. The van der Waals surface area contributed by atoms with E-state index in [1.807, 2.05) is 12.3 Å². The molecule has 0 spiro atoms. The minimum absolute atomic E-state index is 0.0298. The van der Waals surface area contributed by atoms with Crippen LogP contribution >= 0.6 is 23.4 Å². The van der Waals surface area contributed by atoms with Crippen molar-refractivity contribution in [2.24, 2.45) is 0 Å². The normalized spacial score (nSPS) is 15.2. The van der Waals surface area contributed by atoms with Gasteiger partial charge < -0.3 is 14.6 Å². The van der Waals surface area contributed by atoms with Crippen molar-refractivity contribution in [1.82, 2.24) is 10.2 Å². The molecule has 0 unspecified atom stereocenters. The molecule has 5 nitrogen and oxygen atoms in total. The van der Waals surface area contributed by atoms with Crippen LogP contribution in [0.15, 0.2) is 45.9 Å². The van der Waals surface area contributed by atoms with Gasteiger partial charge in [-0.15, -0.1) is 11.8 Å². The fourth-order valence-electron chi connectivity index (χ4n) is 2.85. The Bertz CT molecular complexity index is 756. The summed E-state index contributed by atoms with van der Waals surface area (Å²) >= 11 is 7.72. The molecule has 0 saturated carbocycles. The van der Waals surface area contributed by atoms with Gasteiger partial charge in [-0.3, -0.25) is 9.59 Å². The van der Waals surface area contributed by atoms with Crippen molar-refractivity contribution < 1.29 is 14.0 Å². The molecule has 2 heterocycles. The van der Waals surface area contributed by atoms with Gasteiger partial charge in [0.2, 0.25) is 0 Å². The van der Waals surface area contributed by atoms with Crippen LogP contribution in [-0.2, 0) is 0 Å². The molecule has 0 atom stereocenters. The van der Waals surface area contributed by atoms with Crippen LogP contribution in [0, 0.1) is 0 Å². The Kier molecular flexibility index (Phi) is 5.71. The summed E-state index contributed by atoms with van der Waals surface area (Å²) in [5.41, 5.74) is 0.489. The van der Waals surface area contributed by atoms with Crippen molar-refractivity contribution in [1.29, 1.82) is 0 Å². The van der Waals surface area contributed by atoms with Gasteiger partial charge in [0.05, 0.1) is 16.8 Å². The molecule has 0 bridgehead atoms. The molecule has 25 heavy (non-hydrogen) atoms. The Labute approximate surface area is 155 Å². The first-order chi connectivity index (χ1) is 12.1. The molecule has 0 radical (unpaired) electrons. The highest BCUT2D eigenvalue weighted by atomic mass is 35.5. The minimum atomic E-state index is -0.170. The number of carbonyl (C=O) groups excluding carboxylic acids is 2. The average molecular weight is 379 g/mol. The smallest absolute Gasteiger partial charge is 0.289 e. The number of amides is 2. The quantitative estimate of drug-likeness (QED) is 0.824. The zero-order valence-corrected chi connectivity index (χ0v) is 15.4. The second-order valence-corrected chi connectivity index (χ2v) is 7.15. The van der Waals surface area contributed by atoms with Gasteiger partial charge in [0.15, 0.2) is 5.76 Å². The van der Waals surface area contributed by atoms with Crippen LogP contribution in [-0.4, -0.2) is 42.1 Å². The lowest BCUT2D eigenvalue weighted by Crippen LogP contribution is -2.46. The topological polar surface area (TPSA) is 62.6 Å². The average Bonchev–Trinajstić information content (AvgIpc) is 3.17. The second-order valence-electron chi connectivity index (χ2n) is 5.86. The molecule has 2 aromatic rings. The van der Waals surface area contributed by atoms with E-state index in [-0.39, 0.29) is 17.9 Å². The Morgan fingerprint density at radius 3 is 2.68 bits per heavy atom. The molecule has 1 N–H and O–H groups in total. The molecule has 1 aromatic heterocycles. The molecule has 1 aliphatic rings. The number of likely N-dealkylation sites (tertiary alicyclic amines) is 1. The standard InChI is InChI=1S/C18H19ClN2O3S/c1-25-13-4-5-15(19)14(11-13)17(22)20-12-6-8-21(9-7-12)18(23)16-3-2-10-24-16/h2-5,10-12H,6-9H2,1H3,(H,20,22). The van der Waals surface area contributed by atoms with Crippen molar-refractivity contribution in [3.8, 4) is 0 Å². The predicted molar refractivity (Wildman–Crippen MR) is 98.3 cm³/mol. The number of furan rings is 1. The predicted octanol–water partition coefficient (Wildman–Crippen LogP) is 3.69. The number of halogens is 1. The molecule has 1 fully saturated rings. The van der Waals surface area contributed by atoms with Gasteiger partial charge in [-0.2, -0.15) is 0 Å². The fraction of sp³-hybridized carbons (Fsp3) is 0.333. The van der Waals surface area contributed by atoms with Gasteiger partial charge in [0.25, 0.3) is 11.8 Å².